The van der Waals surface area contributed by atoms with Gasteiger partial charge in [-0.3, -0.25) is 9.36 Å². The van der Waals surface area contributed by atoms with E-state index in [1.807, 2.05) is 48.5 Å². The van der Waals surface area contributed by atoms with Crippen molar-refractivity contribution in [2.75, 3.05) is 6.61 Å². The van der Waals surface area contributed by atoms with Crippen molar-refractivity contribution in [1.82, 2.24) is 4.57 Å². The summed E-state index contributed by atoms with van der Waals surface area (Å²) in [6.45, 7) is 3.78. The first-order valence-electron chi connectivity index (χ1n) is 9.49. The minimum absolute atomic E-state index is 0.197. The number of hydrogen-bond acceptors (Lipinski definition) is 5. The quantitative estimate of drug-likeness (QED) is 0.586. The van der Waals surface area contributed by atoms with Gasteiger partial charge in [0.1, 0.15) is 0 Å². The van der Waals surface area contributed by atoms with E-state index in [9.17, 15) is 9.59 Å². The van der Waals surface area contributed by atoms with E-state index < -0.39 is 12.0 Å². The molecule has 0 saturated heterocycles. The molecule has 0 radical (unpaired) electrons. The number of allylic oxidation sites excluding steroid dienone is 1. The van der Waals surface area contributed by atoms with Gasteiger partial charge in [-0.05, 0) is 43.2 Å². The molecule has 0 bridgehead atoms. The standard InChI is InChI=1S/C23H19ClN2O3S/c1-3-29-22(28)19-14(2)25-23-26(20(19)16-7-5-4-6-8-16)21(27)18(30-23)13-15-9-11-17(24)12-10-15/h4-13,20H,3H2,1-2H3/b18-13-/t20-/m1/s1. The summed E-state index contributed by atoms with van der Waals surface area (Å²) in [5.74, 6) is -0.459. The molecule has 0 unspecified atom stereocenters. The molecular formula is C23H19ClN2O3S. The zero-order valence-corrected chi connectivity index (χ0v) is 18.0. The van der Waals surface area contributed by atoms with E-state index in [4.69, 9.17) is 16.3 Å². The molecular weight excluding hydrogens is 420 g/mol. The molecule has 1 aliphatic heterocycles. The highest BCUT2D eigenvalue weighted by molar-refractivity contribution is 7.07. The van der Waals surface area contributed by atoms with Gasteiger partial charge >= 0.3 is 5.97 Å². The first kappa shape index (κ1) is 20.3. The molecule has 1 atom stereocenters. The van der Waals surface area contributed by atoms with Crippen LogP contribution in [-0.4, -0.2) is 17.1 Å². The zero-order chi connectivity index (χ0) is 21.3. The van der Waals surface area contributed by atoms with Crippen molar-refractivity contribution in [3.8, 4) is 0 Å². The minimum atomic E-state index is -0.589. The topological polar surface area (TPSA) is 60.7 Å². The molecule has 152 valence electrons. The van der Waals surface area contributed by atoms with Gasteiger partial charge in [-0.2, -0.15) is 0 Å². The number of halogens is 1. The first-order valence-corrected chi connectivity index (χ1v) is 10.7. The Morgan fingerprint density at radius 3 is 2.57 bits per heavy atom. The summed E-state index contributed by atoms with van der Waals surface area (Å²) in [7, 11) is 0. The number of fused-ring (bicyclic) bond motifs is 1. The van der Waals surface area contributed by atoms with Crippen LogP contribution in [0.25, 0.3) is 6.08 Å². The number of rotatable bonds is 4. The molecule has 5 nitrogen and oxygen atoms in total. The van der Waals surface area contributed by atoms with Crippen LogP contribution in [0.2, 0.25) is 5.02 Å². The van der Waals surface area contributed by atoms with Gasteiger partial charge < -0.3 is 4.74 Å². The predicted octanol–water partition coefficient (Wildman–Crippen LogP) is 3.45. The van der Waals surface area contributed by atoms with Gasteiger partial charge in [-0.15, -0.1) is 0 Å². The lowest BCUT2D eigenvalue weighted by atomic mass is 9.96. The molecule has 0 fully saturated rings. The van der Waals surface area contributed by atoms with Gasteiger partial charge in [-0.1, -0.05) is 65.4 Å². The molecule has 2 aromatic carbocycles. The lowest BCUT2D eigenvalue weighted by molar-refractivity contribution is -0.139. The zero-order valence-electron chi connectivity index (χ0n) is 16.5. The fraction of sp³-hybridized carbons (Fsp3) is 0.174. The van der Waals surface area contributed by atoms with Crippen molar-refractivity contribution < 1.29 is 9.53 Å². The summed E-state index contributed by atoms with van der Waals surface area (Å²) < 4.78 is 7.40. The lowest BCUT2D eigenvalue weighted by Gasteiger charge is -2.24. The number of hydrogen-bond donors (Lipinski definition) is 0. The SMILES string of the molecule is CCOC(=O)C1=C(C)N=c2s/c(=C\c3ccc(Cl)cc3)c(=O)n2[C@@H]1c1ccccc1. The molecule has 1 aliphatic rings. The normalized spacial score (nSPS) is 16.2. The summed E-state index contributed by atoms with van der Waals surface area (Å²) in [5, 5.41) is 0.632. The largest absolute Gasteiger partial charge is 0.463 e. The monoisotopic (exact) mass is 438 g/mol. The van der Waals surface area contributed by atoms with Crippen LogP contribution in [0.15, 0.2) is 75.7 Å². The van der Waals surface area contributed by atoms with Gasteiger partial charge in [0.2, 0.25) is 0 Å². The second kappa shape index (κ2) is 8.42. The van der Waals surface area contributed by atoms with E-state index in [0.717, 1.165) is 11.1 Å². The first-order chi connectivity index (χ1) is 14.5. The van der Waals surface area contributed by atoms with Crippen molar-refractivity contribution in [3.63, 3.8) is 0 Å². The number of ether oxygens (including phenoxy) is 1. The lowest BCUT2D eigenvalue weighted by Crippen LogP contribution is -2.39. The van der Waals surface area contributed by atoms with Crippen LogP contribution in [0.1, 0.15) is 31.0 Å². The third-order valence-corrected chi connectivity index (χ3v) is 6.04. The van der Waals surface area contributed by atoms with E-state index in [1.54, 1.807) is 30.5 Å². The van der Waals surface area contributed by atoms with E-state index in [2.05, 4.69) is 4.99 Å². The Balaban J connectivity index is 1.94. The maximum atomic E-state index is 13.4. The number of esters is 1. The van der Waals surface area contributed by atoms with Crippen molar-refractivity contribution >= 4 is 35.0 Å². The van der Waals surface area contributed by atoms with Crippen LogP contribution in [0.4, 0.5) is 0 Å². The van der Waals surface area contributed by atoms with Crippen molar-refractivity contribution in [2.24, 2.45) is 4.99 Å². The average Bonchev–Trinajstić information content (AvgIpc) is 3.04. The van der Waals surface area contributed by atoms with E-state index in [0.29, 0.717) is 25.6 Å². The molecule has 1 aromatic heterocycles. The Kier molecular flexibility index (Phi) is 5.70. The number of carbonyl (C=O) groups is 1. The summed E-state index contributed by atoms with van der Waals surface area (Å²) in [4.78, 5) is 31.3. The van der Waals surface area contributed by atoms with Crippen LogP contribution in [0.3, 0.4) is 0 Å². The molecule has 3 aromatic rings. The molecule has 2 heterocycles. The molecule has 0 saturated carbocycles. The van der Waals surface area contributed by atoms with Gasteiger partial charge in [-0.25, -0.2) is 9.79 Å². The predicted molar refractivity (Wildman–Crippen MR) is 118 cm³/mol. The maximum absolute atomic E-state index is 13.4. The smallest absolute Gasteiger partial charge is 0.338 e. The van der Waals surface area contributed by atoms with E-state index >= 15 is 0 Å². The fourth-order valence-corrected chi connectivity index (χ4v) is 4.63. The van der Waals surface area contributed by atoms with Gasteiger partial charge in [0.25, 0.3) is 5.56 Å². The Labute approximate surface area is 182 Å². The highest BCUT2D eigenvalue weighted by Gasteiger charge is 2.33. The van der Waals surface area contributed by atoms with E-state index in [-0.39, 0.29) is 12.2 Å². The van der Waals surface area contributed by atoms with Crippen LogP contribution >= 0.6 is 22.9 Å². The maximum Gasteiger partial charge on any atom is 0.338 e. The average molecular weight is 439 g/mol. The van der Waals surface area contributed by atoms with Gasteiger partial charge in [0.05, 0.1) is 28.5 Å². The second-order valence-corrected chi connectivity index (χ2v) is 8.21. The third-order valence-electron chi connectivity index (χ3n) is 4.80. The number of thiazole rings is 1. The van der Waals surface area contributed by atoms with E-state index in [1.165, 1.54) is 11.3 Å². The van der Waals surface area contributed by atoms with Crippen LogP contribution in [0, 0.1) is 0 Å². The van der Waals surface area contributed by atoms with Crippen molar-refractivity contribution in [1.29, 1.82) is 0 Å². The second-order valence-electron chi connectivity index (χ2n) is 6.76. The molecule has 0 N–H and O–H groups in total. The minimum Gasteiger partial charge on any atom is -0.463 e. The third kappa shape index (κ3) is 3.76. The fourth-order valence-electron chi connectivity index (χ4n) is 3.45. The number of aromatic nitrogens is 1. The molecule has 0 amide bonds. The molecule has 30 heavy (non-hydrogen) atoms. The number of nitrogens with zero attached hydrogens (tertiary/aromatic N) is 2. The summed E-state index contributed by atoms with van der Waals surface area (Å²) >= 11 is 7.26. The Morgan fingerprint density at radius 1 is 1.20 bits per heavy atom. The summed E-state index contributed by atoms with van der Waals surface area (Å²) in [6, 6.07) is 16.1. The summed E-state index contributed by atoms with van der Waals surface area (Å²) in [6.07, 6.45) is 1.81. The van der Waals surface area contributed by atoms with Crippen LogP contribution in [0.5, 0.6) is 0 Å². The molecule has 4 rings (SSSR count). The van der Waals surface area contributed by atoms with Crippen molar-refractivity contribution in [2.45, 2.75) is 19.9 Å². The number of benzene rings is 2. The molecule has 7 heteroatoms. The number of carbonyl (C=O) groups excluding carboxylic acids is 1. The van der Waals surface area contributed by atoms with Crippen LogP contribution < -0.4 is 14.9 Å². The Bertz CT molecular complexity index is 1310. The molecule has 0 aliphatic carbocycles. The Morgan fingerprint density at radius 2 is 1.90 bits per heavy atom. The highest BCUT2D eigenvalue weighted by atomic mass is 35.5. The summed E-state index contributed by atoms with van der Waals surface area (Å²) in [5.41, 5.74) is 2.43. The van der Waals surface area contributed by atoms with Gasteiger partial charge in [0, 0.05) is 5.02 Å². The molecule has 0 spiro atoms. The van der Waals surface area contributed by atoms with Crippen molar-refractivity contribution in [3.05, 3.63) is 102 Å². The van der Waals surface area contributed by atoms with Crippen LogP contribution in [-0.2, 0) is 9.53 Å². The van der Waals surface area contributed by atoms with Gasteiger partial charge in [0.15, 0.2) is 4.80 Å². The highest BCUT2D eigenvalue weighted by Crippen LogP contribution is 2.30. The Hall–Kier alpha value is -2.96.